The quantitative estimate of drug-likeness (QED) is 0.340. The van der Waals surface area contributed by atoms with Gasteiger partial charge < -0.3 is 4.90 Å². The number of thioether (sulfide) groups is 1. The Hall–Kier alpha value is -3.39. The van der Waals surface area contributed by atoms with Crippen molar-refractivity contribution in [3.8, 4) is 5.69 Å². The maximum absolute atomic E-state index is 13.3. The Bertz CT molecular complexity index is 1330. The van der Waals surface area contributed by atoms with Crippen LogP contribution in [0.4, 0.5) is 5.69 Å². The van der Waals surface area contributed by atoms with Gasteiger partial charge in [-0.1, -0.05) is 49.0 Å². The molecule has 0 aliphatic carbocycles. The molecule has 0 aliphatic rings. The van der Waals surface area contributed by atoms with Gasteiger partial charge in [0, 0.05) is 12.2 Å². The van der Waals surface area contributed by atoms with Crippen molar-refractivity contribution in [1.82, 2.24) is 19.7 Å². The van der Waals surface area contributed by atoms with Crippen molar-refractivity contribution in [2.75, 3.05) is 17.2 Å². The first-order valence-electron chi connectivity index (χ1n) is 10.6. The highest BCUT2D eigenvalue weighted by molar-refractivity contribution is 7.99. The lowest BCUT2D eigenvalue weighted by molar-refractivity contribution is -0.116. The minimum absolute atomic E-state index is 0.0441. The molecule has 1 N–H and O–H groups in total. The molecule has 4 aromatic rings. The summed E-state index contributed by atoms with van der Waals surface area (Å²) in [6, 6.07) is 15.6. The van der Waals surface area contributed by atoms with Crippen LogP contribution in [0.25, 0.3) is 16.7 Å². The molecular formula is C24H25N5O2S. The van der Waals surface area contributed by atoms with Gasteiger partial charge in [0.2, 0.25) is 5.91 Å². The SMILES string of the molecule is CCc1ccccc1-n1c(SCC(=O)N(CC)c2cccc(C)c2)nc2[nH]ncc2c1=O. The van der Waals surface area contributed by atoms with Crippen LogP contribution in [0.5, 0.6) is 0 Å². The van der Waals surface area contributed by atoms with E-state index in [1.165, 1.54) is 18.0 Å². The van der Waals surface area contributed by atoms with Gasteiger partial charge in [0.15, 0.2) is 10.8 Å². The van der Waals surface area contributed by atoms with Crippen molar-refractivity contribution in [1.29, 1.82) is 0 Å². The maximum atomic E-state index is 13.3. The third-order valence-electron chi connectivity index (χ3n) is 5.32. The summed E-state index contributed by atoms with van der Waals surface area (Å²) in [6.45, 7) is 6.56. The van der Waals surface area contributed by atoms with Gasteiger partial charge in [0.1, 0.15) is 5.39 Å². The third-order valence-corrected chi connectivity index (χ3v) is 6.24. The van der Waals surface area contributed by atoms with Crippen LogP contribution in [-0.2, 0) is 11.2 Å². The van der Waals surface area contributed by atoms with Gasteiger partial charge in [-0.3, -0.25) is 19.3 Å². The zero-order valence-corrected chi connectivity index (χ0v) is 19.1. The van der Waals surface area contributed by atoms with Crippen molar-refractivity contribution < 1.29 is 4.79 Å². The van der Waals surface area contributed by atoms with Gasteiger partial charge in [-0.2, -0.15) is 5.10 Å². The zero-order valence-electron chi connectivity index (χ0n) is 18.3. The first kappa shape index (κ1) is 21.8. The Morgan fingerprint density at radius 2 is 1.97 bits per heavy atom. The van der Waals surface area contributed by atoms with Gasteiger partial charge in [-0.15, -0.1) is 0 Å². The van der Waals surface area contributed by atoms with E-state index in [9.17, 15) is 9.59 Å². The number of aromatic nitrogens is 4. The standard InChI is InChI=1S/C24H25N5O2S/c1-4-17-10-6-7-12-20(17)29-23(31)19-14-25-27-22(19)26-24(29)32-15-21(30)28(5-2)18-11-8-9-16(3)13-18/h6-14H,4-5,15H2,1-3H3,(H,25,27). The second kappa shape index (κ2) is 9.40. The minimum atomic E-state index is -0.203. The van der Waals surface area contributed by atoms with Crippen molar-refractivity contribution in [3.63, 3.8) is 0 Å². The number of para-hydroxylation sites is 1. The molecule has 0 atom stereocenters. The van der Waals surface area contributed by atoms with Crippen LogP contribution in [0.1, 0.15) is 25.0 Å². The number of rotatable bonds is 7. The number of nitrogens with one attached hydrogen (secondary N) is 1. The molecule has 0 radical (unpaired) electrons. The predicted octanol–water partition coefficient (Wildman–Crippen LogP) is 4.12. The van der Waals surface area contributed by atoms with Crippen LogP contribution in [0.3, 0.4) is 0 Å². The van der Waals surface area contributed by atoms with Gasteiger partial charge >= 0.3 is 0 Å². The Labute approximate surface area is 190 Å². The number of benzene rings is 2. The van der Waals surface area contributed by atoms with E-state index >= 15 is 0 Å². The Morgan fingerprint density at radius 3 is 2.72 bits per heavy atom. The number of carbonyl (C=O) groups excluding carboxylic acids is 1. The van der Waals surface area contributed by atoms with Crippen LogP contribution in [0.15, 0.2) is 64.7 Å². The zero-order chi connectivity index (χ0) is 22.7. The summed E-state index contributed by atoms with van der Waals surface area (Å²) in [5.74, 6) is 0.111. The van der Waals surface area contributed by atoms with Crippen molar-refractivity contribution >= 4 is 34.4 Å². The molecule has 0 aliphatic heterocycles. The number of carbonyl (C=O) groups is 1. The fraction of sp³-hybridized carbons (Fsp3) is 0.250. The molecule has 32 heavy (non-hydrogen) atoms. The molecule has 2 heterocycles. The summed E-state index contributed by atoms with van der Waals surface area (Å²) in [7, 11) is 0. The molecule has 0 fully saturated rings. The lowest BCUT2D eigenvalue weighted by Gasteiger charge is -2.21. The minimum Gasteiger partial charge on any atom is -0.312 e. The highest BCUT2D eigenvalue weighted by atomic mass is 32.2. The highest BCUT2D eigenvalue weighted by Gasteiger charge is 2.20. The van der Waals surface area contributed by atoms with E-state index in [1.807, 2.05) is 69.3 Å². The molecule has 0 bridgehead atoms. The second-order valence-corrected chi connectivity index (χ2v) is 8.36. The second-order valence-electron chi connectivity index (χ2n) is 7.42. The van der Waals surface area contributed by atoms with E-state index in [0.29, 0.717) is 22.7 Å². The summed E-state index contributed by atoms with van der Waals surface area (Å²) < 4.78 is 1.59. The summed E-state index contributed by atoms with van der Waals surface area (Å²) in [4.78, 5) is 32.8. The molecule has 2 aromatic carbocycles. The number of H-pyrrole nitrogens is 1. The van der Waals surface area contributed by atoms with E-state index in [-0.39, 0.29) is 17.2 Å². The smallest absolute Gasteiger partial charge is 0.269 e. The lowest BCUT2D eigenvalue weighted by Crippen LogP contribution is -2.32. The first-order chi connectivity index (χ1) is 15.5. The molecule has 0 saturated carbocycles. The third kappa shape index (κ3) is 4.18. The largest absolute Gasteiger partial charge is 0.312 e. The fourth-order valence-corrected chi connectivity index (χ4v) is 4.59. The summed E-state index contributed by atoms with van der Waals surface area (Å²) in [5.41, 5.74) is 3.98. The molecule has 0 spiro atoms. The number of hydrogen-bond acceptors (Lipinski definition) is 5. The van der Waals surface area contributed by atoms with Crippen LogP contribution in [0.2, 0.25) is 0 Å². The number of aromatic amines is 1. The van der Waals surface area contributed by atoms with Crippen molar-refractivity contribution in [2.24, 2.45) is 0 Å². The van der Waals surface area contributed by atoms with Gasteiger partial charge in [-0.05, 0) is 49.6 Å². The molecule has 164 valence electrons. The van der Waals surface area contributed by atoms with Crippen molar-refractivity contribution in [2.45, 2.75) is 32.3 Å². The summed E-state index contributed by atoms with van der Waals surface area (Å²) >= 11 is 1.26. The molecule has 8 heteroatoms. The molecule has 0 saturated heterocycles. The van der Waals surface area contributed by atoms with Crippen LogP contribution in [0, 0.1) is 6.92 Å². The number of amides is 1. The van der Waals surface area contributed by atoms with Gasteiger partial charge in [0.05, 0.1) is 17.6 Å². The first-order valence-corrected chi connectivity index (χ1v) is 11.6. The molecular weight excluding hydrogens is 422 g/mol. The van der Waals surface area contributed by atoms with Gasteiger partial charge in [-0.25, -0.2) is 4.98 Å². The summed E-state index contributed by atoms with van der Waals surface area (Å²) in [6.07, 6.45) is 2.26. The molecule has 0 unspecified atom stereocenters. The van der Waals surface area contributed by atoms with Gasteiger partial charge in [0.25, 0.3) is 5.56 Å². The Morgan fingerprint density at radius 1 is 1.16 bits per heavy atom. The van der Waals surface area contributed by atoms with E-state index in [1.54, 1.807) is 9.47 Å². The number of aryl methyl sites for hydroxylation is 2. The fourth-order valence-electron chi connectivity index (χ4n) is 3.71. The summed E-state index contributed by atoms with van der Waals surface area (Å²) in [5, 5.41) is 7.64. The monoisotopic (exact) mass is 447 g/mol. The number of nitrogens with zero attached hydrogens (tertiary/aromatic N) is 4. The normalized spacial score (nSPS) is 11.1. The topological polar surface area (TPSA) is 83.9 Å². The lowest BCUT2D eigenvalue weighted by atomic mass is 10.1. The molecule has 7 nitrogen and oxygen atoms in total. The van der Waals surface area contributed by atoms with E-state index in [2.05, 4.69) is 15.2 Å². The highest BCUT2D eigenvalue weighted by Crippen LogP contribution is 2.24. The van der Waals surface area contributed by atoms with E-state index in [0.717, 1.165) is 28.9 Å². The Kier molecular flexibility index (Phi) is 6.41. The number of fused-ring (bicyclic) bond motifs is 1. The predicted molar refractivity (Wildman–Crippen MR) is 129 cm³/mol. The molecule has 4 rings (SSSR count). The van der Waals surface area contributed by atoms with Crippen LogP contribution in [-0.4, -0.2) is 38.0 Å². The van der Waals surface area contributed by atoms with Crippen LogP contribution >= 0.6 is 11.8 Å². The maximum Gasteiger partial charge on any atom is 0.269 e. The Balaban J connectivity index is 1.71. The van der Waals surface area contributed by atoms with E-state index < -0.39 is 0 Å². The van der Waals surface area contributed by atoms with Crippen LogP contribution < -0.4 is 10.5 Å². The van der Waals surface area contributed by atoms with Crippen molar-refractivity contribution in [3.05, 3.63) is 76.2 Å². The average molecular weight is 448 g/mol. The molecule has 1 amide bonds. The average Bonchev–Trinajstić information content (AvgIpc) is 3.27. The number of hydrogen-bond donors (Lipinski definition) is 1. The number of anilines is 1. The molecule has 2 aromatic heterocycles. The van der Waals surface area contributed by atoms with E-state index in [4.69, 9.17) is 0 Å².